The van der Waals surface area contributed by atoms with E-state index >= 15 is 0 Å². The van der Waals surface area contributed by atoms with E-state index in [0.29, 0.717) is 13.0 Å². The molecule has 30 heavy (non-hydrogen) atoms. The lowest BCUT2D eigenvalue weighted by Gasteiger charge is -2.13. The van der Waals surface area contributed by atoms with E-state index in [-0.39, 0.29) is 12.8 Å². The largest absolute Gasteiger partial charge is 0.375 e. The smallest absolute Gasteiger partial charge is 0.325 e. The molecule has 0 radical (unpaired) electrons. The zero-order chi connectivity index (χ0) is 21.4. The lowest BCUT2D eigenvalue weighted by atomic mass is 9.97. The van der Waals surface area contributed by atoms with E-state index in [4.69, 9.17) is 19.5 Å². The minimum atomic E-state index is -3.97. The fraction of sp³-hybridized carbons (Fsp3) is 0.292. The molecule has 1 heterocycles. The highest BCUT2D eigenvalue weighted by Crippen LogP contribution is 2.35. The number of aromatic nitrogens is 1. The minimum Gasteiger partial charge on any atom is -0.375 e. The molecule has 0 amide bonds. The molecule has 0 aliphatic carbocycles. The van der Waals surface area contributed by atoms with Crippen LogP contribution in [0.25, 0.3) is 22.4 Å². The molecule has 0 saturated heterocycles. The summed E-state index contributed by atoms with van der Waals surface area (Å²) < 4.78 is 16.5. The van der Waals surface area contributed by atoms with E-state index in [9.17, 15) is 4.57 Å². The first-order chi connectivity index (χ1) is 14.5. The number of aryl methyl sites for hydroxylation is 1. The van der Waals surface area contributed by atoms with Crippen LogP contribution in [0, 0.1) is 0 Å². The molecule has 0 unspecified atom stereocenters. The van der Waals surface area contributed by atoms with E-state index in [1.165, 1.54) is 5.56 Å². The Morgan fingerprint density at radius 1 is 0.933 bits per heavy atom. The van der Waals surface area contributed by atoms with Crippen LogP contribution in [0.5, 0.6) is 0 Å². The molecule has 0 aliphatic heterocycles. The summed E-state index contributed by atoms with van der Waals surface area (Å²) in [6, 6.07) is 22.7. The second-order valence-corrected chi connectivity index (χ2v) is 9.08. The van der Waals surface area contributed by atoms with Crippen LogP contribution in [-0.4, -0.2) is 27.5 Å². The number of ether oxygens (including phenoxy) is 1. The molecule has 5 nitrogen and oxygen atoms in total. The Labute approximate surface area is 177 Å². The molecular weight excluding hydrogens is 397 g/mol. The maximum Gasteiger partial charge on any atom is 0.325 e. The van der Waals surface area contributed by atoms with Crippen LogP contribution in [0.1, 0.15) is 31.0 Å². The lowest BCUT2D eigenvalue weighted by molar-refractivity contribution is 0.118. The average Bonchev–Trinajstić information content (AvgIpc) is 2.74. The fourth-order valence-corrected chi connectivity index (χ4v) is 3.86. The second kappa shape index (κ2) is 10.6. The van der Waals surface area contributed by atoms with Crippen LogP contribution in [0.3, 0.4) is 0 Å². The highest BCUT2D eigenvalue weighted by Gasteiger charge is 2.13. The van der Waals surface area contributed by atoms with Crippen LogP contribution in [0.2, 0.25) is 0 Å². The van der Waals surface area contributed by atoms with Gasteiger partial charge < -0.3 is 14.5 Å². The molecule has 0 saturated carbocycles. The standard InChI is InChI=1S/C24H28NO4P/c1-2-7-19-10-12-20(13-11-19)23-15-14-22(18-29-16-6-17-30(26,27)28)25-24(23)21-8-4-3-5-9-21/h3-5,8-15H,2,6-7,16-18H2,1H3,(H2,26,27,28). The van der Waals surface area contributed by atoms with Gasteiger partial charge >= 0.3 is 7.60 Å². The Kier molecular flexibility index (Phi) is 7.94. The van der Waals surface area contributed by atoms with Gasteiger partial charge in [0.25, 0.3) is 0 Å². The van der Waals surface area contributed by atoms with Crippen molar-refractivity contribution in [3.63, 3.8) is 0 Å². The van der Waals surface area contributed by atoms with Gasteiger partial charge in [0.1, 0.15) is 0 Å². The number of hydrogen-bond donors (Lipinski definition) is 2. The zero-order valence-electron chi connectivity index (χ0n) is 17.2. The molecule has 3 rings (SSSR count). The summed E-state index contributed by atoms with van der Waals surface area (Å²) in [4.78, 5) is 22.7. The van der Waals surface area contributed by atoms with Crippen molar-refractivity contribution in [3.8, 4) is 22.4 Å². The van der Waals surface area contributed by atoms with Crippen molar-refractivity contribution in [2.75, 3.05) is 12.8 Å². The molecule has 158 valence electrons. The monoisotopic (exact) mass is 425 g/mol. The Hall–Kier alpha value is -2.30. The van der Waals surface area contributed by atoms with Crippen LogP contribution >= 0.6 is 7.60 Å². The molecule has 0 fully saturated rings. The number of benzene rings is 2. The first-order valence-electron chi connectivity index (χ1n) is 10.2. The summed E-state index contributed by atoms with van der Waals surface area (Å²) in [6.45, 7) is 2.77. The maximum absolute atomic E-state index is 10.9. The first kappa shape index (κ1) is 22.4. The van der Waals surface area contributed by atoms with Gasteiger partial charge in [-0.3, -0.25) is 4.57 Å². The van der Waals surface area contributed by atoms with Gasteiger partial charge in [0.05, 0.1) is 24.2 Å². The molecule has 6 heteroatoms. The molecule has 0 spiro atoms. The van der Waals surface area contributed by atoms with Crippen molar-refractivity contribution in [2.24, 2.45) is 0 Å². The van der Waals surface area contributed by atoms with Gasteiger partial charge in [0.15, 0.2) is 0 Å². The Bertz CT molecular complexity index is 984. The first-order valence-corrected chi connectivity index (χ1v) is 12.0. The summed E-state index contributed by atoms with van der Waals surface area (Å²) in [5.41, 5.74) is 6.24. The van der Waals surface area contributed by atoms with E-state index < -0.39 is 7.60 Å². The van der Waals surface area contributed by atoms with Crippen molar-refractivity contribution in [2.45, 2.75) is 32.8 Å². The van der Waals surface area contributed by atoms with Gasteiger partial charge in [-0.25, -0.2) is 4.98 Å². The van der Waals surface area contributed by atoms with E-state index in [2.05, 4.69) is 37.3 Å². The van der Waals surface area contributed by atoms with E-state index in [0.717, 1.165) is 40.9 Å². The van der Waals surface area contributed by atoms with Gasteiger partial charge in [-0.05, 0) is 30.0 Å². The van der Waals surface area contributed by atoms with Crippen molar-refractivity contribution >= 4 is 7.60 Å². The van der Waals surface area contributed by atoms with Crippen molar-refractivity contribution in [3.05, 3.63) is 78.0 Å². The summed E-state index contributed by atoms with van der Waals surface area (Å²) in [6.07, 6.45) is 2.35. The predicted octanol–water partition coefficient (Wildman–Crippen LogP) is 5.45. The molecule has 0 bridgehead atoms. The van der Waals surface area contributed by atoms with Gasteiger partial charge in [-0.15, -0.1) is 0 Å². The number of hydrogen-bond acceptors (Lipinski definition) is 3. The van der Waals surface area contributed by atoms with E-state index in [1.807, 2.05) is 36.4 Å². The van der Waals surface area contributed by atoms with Crippen LogP contribution in [0.15, 0.2) is 66.7 Å². The third-order valence-corrected chi connectivity index (χ3v) is 5.69. The highest BCUT2D eigenvalue weighted by molar-refractivity contribution is 7.51. The van der Waals surface area contributed by atoms with Crippen molar-refractivity contribution in [1.29, 1.82) is 0 Å². The van der Waals surface area contributed by atoms with Gasteiger partial charge in [0, 0.05) is 17.7 Å². The molecule has 0 atom stereocenters. The van der Waals surface area contributed by atoms with E-state index in [1.54, 1.807) is 0 Å². The third-order valence-electron chi connectivity index (χ3n) is 4.79. The molecule has 2 N–H and O–H groups in total. The van der Waals surface area contributed by atoms with Crippen molar-refractivity contribution < 1.29 is 19.1 Å². The topological polar surface area (TPSA) is 79.7 Å². The Morgan fingerprint density at radius 2 is 1.67 bits per heavy atom. The summed E-state index contributed by atoms with van der Waals surface area (Å²) in [5, 5.41) is 0. The SMILES string of the molecule is CCCc1ccc(-c2ccc(COCCCP(=O)(O)O)nc2-c2ccccc2)cc1. The average molecular weight is 425 g/mol. The van der Waals surface area contributed by atoms with Gasteiger partial charge in [0.2, 0.25) is 0 Å². The zero-order valence-corrected chi connectivity index (χ0v) is 18.1. The van der Waals surface area contributed by atoms with Crippen LogP contribution < -0.4 is 0 Å². The third kappa shape index (κ3) is 6.61. The molecule has 2 aromatic carbocycles. The minimum absolute atomic E-state index is 0.164. The molecule has 0 aliphatic rings. The normalized spacial score (nSPS) is 11.6. The molecular formula is C24H28NO4P. The van der Waals surface area contributed by atoms with Crippen molar-refractivity contribution in [1.82, 2.24) is 4.98 Å². The number of rotatable bonds is 10. The summed E-state index contributed by atoms with van der Waals surface area (Å²) in [7, 11) is -3.97. The number of nitrogens with zero attached hydrogens (tertiary/aromatic N) is 1. The summed E-state index contributed by atoms with van der Waals surface area (Å²) in [5.74, 6) is 0. The predicted molar refractivity (Wildman–Crippen MR) is 120 cm³/mol. The quantitative estimate of drug-likeness (QED) is 0.333. The molecule has 1 aromatic heterocycles. The summed E-state index contributed by atoms with van der Waals surface area (Å²) >= 11 is 0. The van der Waals surface area contributed by atoms with Gasteiger partial charge in [-0.1, -0.05) is 74.0 Å². The van der Waals surface area contributed by atoms with Gasteiger partial charge in [-0.2, -0.15) is 0 Å². The Balaban J connectivity index is 1.80. The lowest BCUT2D eigenvalue weighted by Crippen LogP contribution is -2.02. The second-order valence-electron chi connectivity index (χ2n) is 7.31. The number of pyridine rings is 1. The Morgan fingerprint density at radius 3 is 2.33 bits per heavy atom. The molecule has 3 aromatic rings. The van der Waals surface area contributed by atoms with Crippen LogP contribution in [-0.2, 0) is 22.3 Å². The fourth-order valence-electron chi connectivity index (χ4n) is 3.32. The highest BCUT2D eigenvalue weighted by atomic mass is 31.2. The maximum atomic E-state index is 10.9. The van der Waals surface area contributed by atoms with Crippen LogP contribution in [0.4, 0.5) is 0 Å².